The largest absolute Gasteiger partial charge is 0.507 e. The summed E-state index contributed by atoms with van der Waals surface area (Å²) in [5.74, 6) is -1.35. The fraction of sp³-hybridized carbons (Fsp3) is 0.361. The molecule has 6 rings (SSSR count). The molecule has 6 atom stereocenters. The van der Waals surface area contributed by atoms with Crippen molar-refractivity contribution in [2.75, 3.05) is 27.8 Å². The number of aryl methyl sites for hydroxylation is 1. The van der Waals surface area contributed by atoms with E-state index < -0.39 is 40.6 Å². The molecule has 13 heteroatoms. The van der Waals surface area contributed by atoms with Crippen molar-refractivity contribution >= 4 is 27.7 Å². The van der Waals surface area contributed by atoms with Gasteiger partial charge in [0.1, 0.15) is 11.8 Å². The molecular formula is C36H40N6O6S. The van der Waals surface area contributed by atoms with E-state index in [0.717, 1.165) is 11.1 Å². The van der Waals surface area contributed by atoms with Gasteiger partial charge >= 0.3 is 0 Å². The highest BCUT2D eigenvalue weighted by atomic mass is 32.2. The zero-order valence-corrected chi connectivity index (χ0v) is 29.0. The van der Waals surface area contributed by atoms with Crippen LogP contribution in [0.3, 0.4) is 0 Å². The molecule has 12 nitrogen and oxygen atoms in total. The number of methoxy groups -OCH3 is 2. The number of phenols is 3. The molecule has 3 aromatic rings. The van der Waals surface area contributed by atoms with Crippen LogP contribution in [-0.2, 0) is 21.9 Å². The van der Waals surface area contributed by atoms with Crippen LogP contribution < -0.4 is 14.8 Å². The summed E-state index contributed by atoms with van der Waals surface area (Å²) in [7, 11) is 3.43. The normalized spacial score (nSPS) is 22.0. The molecule has 0 radical (unpaired) electrons. The van der Waals surface area contributed by atoms with E-state index in [1.807, 2.05) is 35.9 Å². The zero-order valence-electron chi connectivity index (χ0n) is 28.2. The number of fused-ring (bicyclic) bond motifs is 7. The molecule has 1 fully saturated rings. The maximum atomic E-state index is 13.7. The molecule has 0 spiro atoms. The predicted molar refractivity (Wildman–Crippen MR) is 185 cm³/mol. The lowest BCUT2D eigenvalue weighted by Gasteiger charge is -2.57. The standard InChI is InChI=1S/C36H40N6O6S/c1-17-12-20-13-23-25(15-37)42-24(29(41(23)4)27(20)31(44)33(17)47-5)14-22-28(32(45)34(48-6)18(2)30(22)43)26(42)16-40-36(46)19(3)35(38)49(39)21-10-8-7-9-11-21/h7-12,14,19,23,25-26,29,38-39,43-45H,13,16H2,1-6H3,(H,40,46)/t19?,23?,25-,26-,29-,49?/m0/s1. The SMILES string of the molecule is COc1c(C)cc2c(c1O)[C@@H]1C3=Cc4c(O)c(C)c(OC)c(O)c4[C@H](CNC(=O)C(C)C(=N)S(=N)c4ccccc4)N3[C@@H](C#N)C(C2)N1C. The van der Waals surface area contributed by atoms with E-state index in [-0.39, 0.29) is 46.2 Å². The number of nitrogens with zero attached hydrogens (tertiary/aromatic N) is 3. The molecule has 1 amide bonds. The molecule has 3 aromatic carbocycles. The van der Waals surface area contributed by atoms with Crippen LogP contribution in [0.15, 0.2) is 47.0 Å². The molecule has 256 valence electrons. The number of ether oxygens (including phenoxy) is 2. The molecule has 2 bridgehead atoms. The summed E-state index contributed by atoms with van der Waals surface area (Å²) < 4.78 is 19.7. The number of piperazine rings is 1. The Hall–Kier alpha value is -5.06. The first-order valence-electron chi connectivity index (χ1n) is 15.9. The fourth-order valence-corrected chi connectivity index (χ4v) is 8.77. The highest BCUT2D eigenvalue weighted by Gasteiger charge is 2.53. The average Bonchev–Trinajstić information content (AvgIpc) is 3.09. The summed E-state index contributed by atoms with van der Waals surface area (Å²) in [4.78, 5) is 18.2. The second-order valence-corrected chi connectivity index (χ2v) is 14.2. The Balaban J connectivity index is 1.47. The lowest BCUT2D eigenvalue weighted by Crippen LogP contribution is -2.62. The number of likely N-dealkylation sites (N-methyl/N-ethyl adjacent to an activating group) is 1. The fourth-order valence-electron chi connectivity index (χ4n) is 7.63. The van der Waals surface area contributed by atoms with Gasteiger partial charge in [-0.2, -0.15) is 5.26 Å². The highest BCUT2D eigenvalue weighted by Crippen LogP contribution is 2.58. The summed E-state index contributed by atoms with van der Waals surface area (Å²) in [6, 6.07) is 10.9. The van der Waals surface area contributed by atoms with E-state index in [9.17, 15) is 25.4 Å². The second kappa shape index (κ2) is 12.8. The Morgan fingerprint density at radius 2 is 1.76 bits per heavy atom. The number of amides is 1. The molecule has 0 saturated carbocycles. The third-order valence-electron chi connectivity index (χ3n) is 10.1. The Bertz CT molecular complexity index is 1970. The van der Waals surface area contributed by atoms with Crippen molar-refractivity contribution in [1.29, 1.82) is 15.5 Å². The molecule has 3 unspecified atom stereocenters. The van der Waals surface area contributed by atoms with E-state index in [2.05, 4.69) is 11.4 Å². The number of nitrogens with one attached hydrogen (secondary N) is 3. The number of hydrogen-bond donors (Lipinski definition) is 6. The number of nitriles is 1. The Kier molecular flexibility index (Phi) is 8.81. The number of benzene rings is 3. The van der Waals surface area contributed by atoms with E-state index in [1.165, 1.54) is 14.2 Å². The highest BCUT2D eigenvalue weighted by molar-refractivity contribution is 8.01. The van der Waals surface area contributed by atoms with Gasteiger partial charge in [-0.25, -0.2) is 0 Å². The van der Waals surface area contributed by atoms with Crippen LogP contribution in [0.2, 0.25) is 0 Å². The molecule has 3 aliphatic rings. The van der Waals surface area contributed by atoms with Gasteiger partial charge in [0.15, 0.2) is 23.0 Å². The molecule has 0 aromatic heterocycles. The Labute approximate surface area is 287 Å². The van der Waals surface area contributed by atoms with E-state index in [4.69, 9.17) is 19.7 Å². The van der Waals surface area contributed by atoms with E-state index in [0.29, 0.717) is 39.5 Å². The third kappa shape index (κ3) is 5.17. The maximum absolute atomic E-state index is 13.7. The van der Waals surface area contributed by atoms with Gasteiger partial charge < -0.3 is 35.0 Å². The van der Waals surface area contributed by atoms with Crippen LogP contribution in [0.25, 0.3) is 6.08 Å². The number of carbonyl (C=O) groups excluding carboxylic acids is 1. The van der Waals surface area contributed by atoms with Gasteiger partial charge in [-0.15, -0.1) is 0 Å². The molecule has 1 saturated heterocycles. The summed E-state index contributed by atoms with van der Waals surface area (Å²) >= 11 is 0. The van der Waals surface area contributed by atoms with Crippen molar-refractivity contribution in [1.82, 2.24) is 15.1 Å². The Morgan fingerprint density at radius 3 is 2.39 bits per heavy atom. The number of phenolic OH excluding ortho intramolecular Hbond substituents is 3. The number of carbonyl (C=O) groups is 1. The first-order valence-corrected chi connectivity index (χ1v) is 17.1. The van der Waals surface area contributed by atoms with Gasteiger partial charge in [-0.3, -0.25) is 19.9 Å². The summed E-state index contributed by atoms with van der Waals surface area (Å²) in [6.07, 6.45) is 2.18. The summed E-state index contributed by atoms with van der Waals surface area (Å²) in [5, 5.41) is 57.1. The minimum atomic E-state index is -1.36. The summed E-state index contributed by atoms with van der Waals surface area (Å²) in [6.45, 7) is 4.97. The quantitative estimate of drug-likeness (QED) is 0.115. The van der Waals surface area contributed by atoms with Gasteiger partial charge in [0.25, 0.3) is 0 Å². The first kappa shape index (κ1) is 33.8. The van der Waals surface area contributed by atoms with Crippen LogP contribution in [0.5, 0.6) is 28.7 Å². The number of hydrogen-bond acceptors (Lipinski definition) is 11. The monoisotopic (exact) mass is 684 g/mol. The molecule has 6 N–H and O–H groups in total. The maximum Gasteiger partial charge on any atom is 0.229 e. The molecule has 49 heavy (non-hydrogen) atoms. The molecular weight excluding hydrogens is 644 g/mol. The third-order valence-corrected chi connectivity index (χ3v) is 11.6. The van der Waals surface area contributed by atoms with Crippen molar-refractivity contribution in [3.8, 4) is 34.8 Å². The van der Waals surface area contributed by atoms with Crippen LogP contribution in [0.4, 0.5) is 0 Å². The number of rotatable bonds is 7. The minimum absolute atomic E-state index is 0.00535. The van der Waals surface area contributed by atoms with Crippen molar-refractivity contribution in [3.63, 3.8) is 0 Å². The van der Waals surface area contributed by atoms with Gasteiger partial charge in [0.2, 0.25) is 5.91 Å². The molecule has 0 aliphatic carbocycles. The van der Waals surface area contributed by atoms with Crippen molar-refractivity contribution in [2.24, 2.45) is 5.92 Å². The number of aromatic hydroxyl groups is 3. The minimum Gasteiger partial charge on any atom is -0.507 e. The Morgan fingerprint density at radius 1 is 1.10 bits per heavy atom. The lowest BCUT2D eigenvalue weighted by atomic mass is 9.75. The van der Waals surface area contributed by atoms with Gasteiger partial charge in [-0.05, 0) is 74.3 Å². The van der Waals surface area contributed by atoms with Gasteiger partial charge in [0, 0.05) is 45.4 Å². The summed E-state index contributed by atoms with van der Waals surface area (Å²) in [5.41, 5.74) is 3.78. The van der Waals surface area contributed by atoms with Gasteiger partial charge in [-0.1, -0.05) is 24.3 Å². The lowest BCUT2D eigenvalue weighted by molar-refractivity contribution is -0.122. The van der Waals surface area contributed by atoms with Crippen molar-refractivity contribution in [3.05, 3.63) is 75.5 Å². The topological polar surface area (TPSA) is 186 Å². The predicted octanol–water partition coefficient (Wildman–Crippen LogP) is 4.81. The smallest absolute Gasteiger partial charge is 0.229 e. The first-order chi connectivity index (χ1) is 23.4. The van der Waals surface area contributed by atoms with Crippen LogP contribution in [-0.4, -0.2) is 76.0 Å². The average molecular weight is 685 g/mol. The van der Waals surface area contributed by atoms with E-state index >= 15 is 0 Å². The van der Waals surface area contributed by atoms with Crippen LogP contribution in [0.1, 0.15) is 52.4 Å². The van der Waals surface area contributed by atoms with Crippen LogP contribution in [0, 0.1) is 41.3 Å². The van der Waals surface area contributed by atoms with Gasteiger partial charge in [0.05, 0.1) is 43.3 Å². The molecule has 3 aliphatic heterocycles. The second-order valence-electron chi connectivity index (χ2n) is 12.7. The van der Waals surface area contributed by atoms with Crippen molar-refractivity contribution in [2.45, 2.75) is 56.3 Å². The molecule has 3 heterocycles. The van der Waals surface area contributed by atoms with Crippen LogP contribution >= 0.6 is 0 Å². The van der Waals surface area contributed by atoms with E-state index in [1.54, 1.807) is 44.2 Å². The zero-order chi connectivity index (χ0) is 35.5. The van der Waals surface area contributed by atoms with Crippen molar-refractivity contribution < 1.29 is 29.6 Å².